The van der Waals surface area contributed by atoms with Gasteiger partial charge in [0, 0.05) is 0 Å². The number of aryl methyl sites for hydroxylation is 2. The van der Waals surface area contributed by atoms with E-state index in [9.17, 15) is 4.39 Å². The molecule has 100 valence electrons. The summed E-state index contributed by atoms with van der Waals surface area (Å²) in [6, 6.07) is 11.0. The summed E-state index contributed by atoms with van der Waals surface area (Å²) in [6.45, 7) is 4.15. The highest BCUT2D eigenvalue weighted by Crippen LogP contribution is 2.28. The van der Waals surface area contributed by atoms with Crippen LogP contribution in [0.5, 0.6) is 0 Å². The molecule has 3 heteroatoms. The summed E-state index contributed by atoms with van der Waals surface area (Å²) < 4.78 is 13.4. The minimum absolute atomic E-state index is 0.124. The second-order valence-electron chi connectivity index (χ2n) is 4.76. The maximum atomic E-state index is 13.4. The van der Waals surface area contributed by atoms with Crippen LogP contribution in [0.1, 0.15) is 27.6 Å². The molecule has 0 aliphatic rings. The fourth-order valence-electron chi connectivity index (χ4n) is 1.96. The first-order chi connectivity index (χ1) is 8.97. The smallest absolute Gasteiger partial charge is 0.142 e. The van der Waals surface area contributed by atoms with Gasteiger partial charge in [-0.3, -0.25) is 0 Å². The first kappa shape index (κ1) is 14.4. The van der Waals surface area contributed by atoms with Crippen molar-refractivity contribution in [1.82, 2.24) is 0 Å². The lowest BCUT2D eigenvalue weighted by Crippen LogP contribution is -1.98. The molecule has 0 N–H and O–H groups in total. The van der Waals surface area contributed by atoms with Gasteiger partial charge in [0.2, 0.25) is 0 Å². The first-order valence-corrected chi connectivity index (χ1v) is 6.94. The molecule has 0 nitrogen and oxygen atoms in total. The Morgan fingerprint density at radius 1 is 1.05 bits per heavy atom. The lowest BCUT2D eigenvalue weighted by atomic mass is 10.00. The third-order valence-electron chi connectivity index (χ3n) is 3.29. The van der Waals surface area contributed by atoms with Crippen molar-refractivity contribution in [3.8, 4) is 0 Å². The van der Waals surface area contributed by atoms with E-state index in [-0.39, 0.29) is 10.4 Å². The summed E-state index contributed by atoms with van der Waals surface area (Å²) in [7, 11) is 0. The lowest BCUT2D eigenvalue weighted by Gasteiger charge is -2.12. The van der Waals surface area contributed by atoms with Gasteiger partial charge in [-0.1, -0.05) is 35.9 Å². The zero-order valence-electron chi connectivity index (χ0n) is 10.9. The van der Waals surface area contributed by atoms with E-state index in [1.807, 2.05) is 0 Å². The van der Waals surface area contributed by atoms with Crippen molar-refractivity contribution < 1.29 is 4.39 Å². The minimum Gasteiger partial charge on any atom is -0.205 e. The van der Waals surface area contributed by atoms with Crippen LogP contribution in [-0.4, -0.2) is 0 Å². The molecule has 2 aromatic carbocycles. The van der Waals surface area contributed by atoms with Crippen molar-refractivity contribution in [2.45, 2.75) is 25.6 Å². The maximum absolute atomic E-state index is 13.4. The molecule has 19 heavy (non-hydrogen) atoms. The van der Waals surface area contributed by atoms with Crippen molar-refractivity contribution >= 4 is 23.2 Å². The molecule has 0 radical (unpaired) electrons. The predicted octanol–water partition coefficient (Wildman–Crippen LogP) is 5.62. The van der Waals surface area contributed by atoms with Crippen LogP contribution in [0.15, 0.2) is 36.4 Å². The molecule has 1 unspecified atom stereocenters. The van der Waals surface area contributed by atoms with Gasteiger partial charge in [-0.2, -0.15) is 0 Å². The van der Waals surface area contributed by atoms with Gasteiger partial charge in [0.05, 0.1) is 10.4 Å². The number of halogens is 3. The summed E-state index contributed by atoms with van der Waals surface area (Å²) in [5.41, 5.74) is 4.40. The number of benzene rings is 2. The molecular formula is C16H15Cl2F. The Morgan fingerprint density at radius 2 is 1.79 bits per heavy atom. The van der Waals surface area contributed by atoms with Crippen LogP contribution in [0.2, 0.25) is 5.02 Å². The van der Waals surface area contributed by atoms with Crippen LogP contribution in [0.3, 0.4) is 0 Å². The van der Waals surface area contributed by atoms with Crippen LogP contribution >= 0.6 is 23.2 Å². The Morgan fingerprint density at radius 3 is 2.42 bits per heavy atom. The summed E-state index contributed by atoms with van der Waals surface area (Å²) in [4.78, 5) is 0. The molecule has 0 heterocycles. The molecule has 1 atom stereocenters. The molecule has 0 saturated heterocycles. The third-order valence-corrected chi connectivity index (χ3v) is 4.00. The Kier molecular flexibility index (Phi) is 4.49. The monoisotopic (exact) mass is 296 g/mol. The molecule has 0 bridgehead atoms. The summed E-state index contributed by atoms with van der Waals surface area (Å²) in [5.74, 6) is -0.426. The van der Waals surface area contributed by atoms with Gasteiger partial charge in [0.15, 0.2) is 0 Å². The van der Waals surface area contributed by atoms with Gasteiger partial charge in [-0.15, -0.1) is 11.6 Å². The summed E-state index contributed by atoms with van der Waals surface area (Å²) >= 11 is 12.0. The number of hydrogen-bond donors (Lipinski definition) is 0. The largest absolute Gasteiger partial charge is 0.205 e. The molecule has 0 amide bonds. The van der Waals surface area contributed by atoms with Gasteiger partial charge in [-0.25, -0.2) is 4.39 Å². The Labute approximate surface area is 123 Å². The van der Waals surface area contributed by atoms with Gasteiger partial charge in [0.1, 0.15) is 5.82 Å². The van der Waals surface area contributed by atoms with Crippen molar-refractivity contribution in [3.63, 3.8) is 0 Å². The lowest BCUT2D eigenvalue weighted by molar-refractivity contribution is 0.625. The Balaban J connectivity index is 2.17. The SMILES string of the molecule is Cc1ccc(CC(Cl)c2ccc(Cl)c(F)c2)cc1C. The van der Waals surface area contributed by atoms with Crippen LogP contribution in [0, 0.1) is 19.7 Å². The molecule has 0 aliphatic heterocycles. The van der Waals surface area contributed by atoms with E-state index in [1.165, 1.54) is 17.2 Å². The zero-order valence-corrected chi connectivity index (χ0v) is 12.4. The number of rotatable bonds is 3. The van der Waals surface area contributed by atoms with Gasteiger partial charge >= 0.3 is 0 Å². The summed E-state index contributed by atoms with van der Waals surface area (Å²) in [6.07, 6.45) is 0.670. The van der Waals surface area contributed by atoms with E-state index < -0.39 is 5.82 Å². The van der Waals surface area contributed by atoms with Crippen molar-refractivity contribution in [3.05, 3.63) is 69.5 Å². The molecule has 2 rings (SSSR count). The van der Waals surface area contributed by atoms with Crippen LogP contribution in [0.25, 0.3) is 0 Å². The summed E-state index contributed by atoms with van der Waals surface area (Å²) in [5, 5.41) is -0.132. The van der Waals surface area contributed by atoms with E-state index in [0.29, 0.717) is 6.42 Å². The molecule has 0 aliphatic carbocycles. The van der Waals surface area contributed by atoms with E-state index in [0.717, 1.165) is 11.1 Å². The first-order valence-electron chi connectivity index (χ1n) is 6.12. The zero-order chi connectivity index (χ0) is 14.0. The average molecular weight is 297 g/mol. The van der Waals surface area contributed by atoms with Crippen LogP contribution in [-0.2, 0) is 6.42 Å². The van der Waals surface area contributed by atoms with E-state index in [2.05, 4.69) is 32.0 Å². The van der Waals surface area contributed by atoms with Gasteiger partial charge < -0.3 is 0 Å². The van der Waals surface area contributed by atoms with Crippen molar-refractivity contribution in [1.29, 1.82) is 0 Å². The molecule has 0 fully saturated rings. The molecular weight excluding hydrogens is 282 g/mol. The van der Waals surface area contributed by atoms with Gasteiger partial charge in [-0.05, 0) is 54.7 Å². The van der Waals surface area contributed by atoms with E-state index in [1.54, 1.807) is 12.1 Å². The number of hydrogen-bond acceptors (Lipinski definition) is 0. The maximum Gasteiger partial charge on any atom is 0.142 e. The minimum atomic E-state index is -0.426. The fraction of sp³-hybridized carbons (Fsp3) is 0.250. The number of alkyl halides is 1. The predicted molar refractivity (Wildman–Crippen MR) is 79.6 cm³/mol. The topological polar surface area (TPSA) is 0 Å². The third kappa shape index (κ3) is 3.49. The van der Waals surface area contributed by atoms with E-state index in [4.69, 9.17) is 23.2 Å². The molecule has 0 spiro atoms. The molecule has 0 saturated carbocycles. The standard InChI is InChI=1S/C16H15Cl2F/c1-10-3-4-12(7-11(10)2)8-15(18)13-5-6-14(17)16(19)9-13/h3-7,9,15H,8H2,1-2H3. The van der Waals surface area contributed by atoms with Gasteiger partial charge in [0.25, 0.3) is 0 Å². The second-order valence-corrected chi connectivity index (χ2v) is 5.70. The highest BCUT2D eigenvalue weighted by molar-refractivity contribution is 6.30. The highest BCUT2D eigenvalue weighted by atomic mass is 35.5. The van der Waals surface area contributed by atoms with Crippen LogP contribution < -0.4 is 0 Å². The van der Waals surface area contributed by atoms with Crippen molar-refractivity contribution in [2.24, 2.45) is 0 Å². The highest BCUT2D eigenvalue weighted by Gasteiger charge is 2.11. The molecule has 2 aromatic rings. The Bertz CT molecular complexity index is 593. The average Bonchev–Trinajstić information content (AvgIpc) is 2.37. The van der Waals surface area contributed by atoms with Crippen molar-refractivity contribution in [2.75, 3.05) is 0 Å². The fourth-order valence-corrected chi connectivity index (χ4v) is 2.39. The Hall–Kier alpha value is -1.05. The van der Waals surface area contributed by atoms with Crippen LogP contribution in [0.4, 0.5) is 4.39 Å². The molecule has 0 aromatic heterocycles. The quantitative estimate of drug-likeness (QED) is 0.645. The van der Waals surface area contributed by atoms with E-state index >= 15 is 0 Å². The normalized spacial score (nSPS) is 12.5. The second kappa shape index (κ2) is 5.94.